The molecule has 0 aliphatic carbocycles. The lowest BCUT2D eigenvalue weighted by Crippen LogP contribution is -2.39. The van der Waals surface area contributed by atoms with E-state index in [0.29, 0.717) is 30.2 Å². The standard InChI is InChI=1S/C24H19F3N4O2S/c25-24(26,27)18-10-8-15(9-11-18)20-29-30-21(33-20)17-7-4-12-31(13-17)23(32)19-14-34-22(28-19)16-5-2-1-3-6-16/h1-3,5-6,8-11,14,17H,4,7,12-13H2. The molecule has 0 radical (unpaired) electrons. The van der Waals surface area contributed by atoms with Crippen molar-refractivity contribution in [3.05, 3.63) is 77.1 Å². The van der Waals surface area contributed by atoms with Crippen LogP contribution in [0.4, 0.5) is 13.2 Å². The van der Waals surface area contributed by atoms with Crippen LogP contribution in [-0.2, 0) is 6.18 Å². The minimum atomic E-state index is -4.41. The molecule has 2 aromatic heterocycles. The van der Waals surface area contributed by atoms with Crippen LogP contribution in [0.3, 0.4) is 0 Å². The van der Waals surface area contributed by atoms with Crippen molar-refractivity contribution in [2.45, 2.75) is 24.9 Å². The van der Waals surface area contributed by atoms with E-state index in [-0.39, 0.29) is 17.7 Å². The summed E-state index contributed by atoms with van der Waals surface area (Å²) in [5.41, 5.74) is 1.03. The van der Waals surface area contributed by atoms with Crippen molar-refractivity contribution >= 4 is 17.2 Å². The van der Waals surface area contributed by atoms with E-state index in [0.717, 1.165) is 35.5 Å². The van der Waals surface area contributed by atoms with Gasteiger partial charge in [0.15, 0.2) is 0 Å². The molecule has 174 valence electrons. The van der Waals surface area contributed by atoms with Gasteiger partial charge in [-0.25, -0.2) is 4.98 Å². The van der Waals surface area contributed by atoms with Crippen LogP contribution in [-0.4, -0.2) is 39.1 Å². The number of hydrogen-bond donors (Lipinski definition) is 0. The molecule has 1 amide bonds. The second-order valence-electron chi connectivity index (χ2n) is 8.01. The van der Waals surface area contributed by atoms with Crippen molar-refractivity contribution < 1.29 is 22.4 Å². The molecule has 0 N–H and O–H groups in total. The minimum Gasteiger partial charge on any atom is -0.420 e. The molecule has 1 fully saturated rings. The molecule has 1 aliphatic heterocycles. The fourth-order valence-corrected chi connectivity index (χ4v) is 4.73. The quantitative estimate of drug-likeness (QED) is 0.361. The van der Waals surface area contributed by atoms with Gasteiger partial charge in [0, 0.05) is 29.6 Å². The first kappa shape index (κ1) is 22.3. The van der Waals surface area contributed by atoms with Gasteiger partial charge in [-0.05, 0) is 37.1 Å². The molecule has 4 aromatic rings. The molecule has 0 spiro atoms. The van der Waals surface area contributed by atoms with E-state index in [1.165, 1.54) is 23.5 Å². The maximum atomic E-state index is 13.1. The van der Waals surface area contributed by atoms with E-state index in [4.69, 9.17) is 4.42 Å². The van der Waals surface area contributed by atoms with Crippen molar-refractivity contribution in [2.24, 2.45) is 0 Å². The second-order valence-corrected chi connectivity index (χ2v) is 8.87. The Morgan fingerprint density at radius 2 is 1.79 bits per heavy atom. The number of likely N-dealkylation sites (tertiary alicyclic amines) is 1. The molecule has 10 heteroatoms. The first-order chi connectivity index (χ1) is 16.4. The molecule has 2 aromatic carbocycles. The van der Waals surface area contributed by atoms with Gasteiger partial charge in [-0.1, -0.05) is 30.3 Å². The van der Waals surface area contributed by atoms with E-state index in [1.807, 2.05) is 30.3 Å². The third-order valence-electron chi connectivity index (χ3n) is 5.70. The highest BCUT2D eigenvalue weighted by molar-refractivity contribution is 7.13. The smallest absolute Gasteiger partial charge is 0.416 e. The number of carbonyl (C=O) groups is 1. The molecule has 0 bridgehead atoms. The summed E-state index contributed by atoms with van der Waals surface area (Å²) >= 11 is 1.43. The largest absolute Gasteiger partial charge is 0.420 e. The number of thiazole rings is 1. The van der Waals surface area contributed by atoms with Gasteiger partial charge in [0.1, 0.15) is 10.7 Å². The van der Waals surface area contributed by atoms with Gasteiger partial charge in [-0.3, -0.25) is 4.79 Å². The highest BCUT2D eigenvalue weighted by Crippen LogP contribution is 2.33. The summed E-state index contributed by atoms with van der Waals surface area (Å²) in [5.74, 6) is 0.223. The van der Waals surface area contributed by atoms with Crippen LogP contribution in [0.15, 0.2) is 64.4 Å². The van der Waals surface area contributed by atoms with Crippen LogP contribution in [0, 0.1) is 0 Å². The molecule has 1 aliphatic rings. The molecule has 6 nitrogen and oxygen atoms in total. The predicted octanol–water partition coefficient (Wildman–Crippen LogP) is 5.90. The van der Waals surface area contributed by atoms with E-state index >= 15 is 0 Å². The summed E-state index contributed by atoms with van der Waals surface area (Å²) in [6.45, 7) is 1.01. The average molecular weight is 485 g/mol. The number of piperidine rings is 1. The second kappa shape index (κ2) is 9.02. The number of alkyl halides is 3. The lowest BCUT2D eigenvalue weighted by molar-refractivity contribution is -0.137. The molecule has 5 rings (SSSR count). The highest BCUT2D eigenvalue weighted by Gasteiger charge is 2.31. The monoisotopic (exact) mass is 484 g/mol. The summed E-state index contributed by atoms with van der Waals surface area (Å²) in [6.07, 6.45) is -2.87. The number of hydrogen-bond acceptors (Lipinski definition) is 6. The predicted molar refractivity (Wildman–Crippen MR) is 120 cm³/mol. The number of amides is 1. The SMILES string of the molecule is O=C(c1csc(-c2ccccc2)n1)N1CCCC(c2nnc(-c3ccc(C(F)(F)F)cc3)o2)C1. The van der Waals surface area contributed by atoms with E-state index in [2.05, 4.69) is 15.2 Å². The third kappa shape index (κ3) is 4.58. The lowest BCUT2D eigenvalue weighted by atomic mass is 9.98. The van der Waals surface area contributed by atoms with Crippen LogP contribution >= 0.6 is 11.3 Å². The number of benzene rings is 2. The number of halogens is 3. The maximum Gasteiger partial charge on any atom is 0.416 e. The van der Waals surface area contributed by atoms with Gasteiger partial charge in [-0.2, -0.15) is 13.2 Å². The Morgan fingerprint density at radius 3 is 2.53 bits per heavy atom. The molecule has 3 heterocycles. The summed E-state index contributed by atoms with van der Waals surface area (Å²) in [7, 11) is 0. The van der Waals surface area contributed by atoms with Crippen molar-refractivity contribution in [2.75, 3.05) is 13.1 Å². The first-order valence-corrected chi connectivity index (χ1v) is 11.6. The molecule has 1 saturated heterocycles. The van der Waals surface area contributed by atoms with Crippen LogP contribution < -0.4 is 0 Å². The maximum absolute atomic E-state index is 13.1. The number of aromatic nitrogens is 3. The summed E-state index contributed by atoms with van der Waals surface area (Å²) < 4.78 is 44.2. The van der Waals surface area contributed by atoms with Gasteiger partial charge in [-0.15, -0.1) is 21.5 Å². The molecule has 1 atom stereocenters. The molecular weight excluding hydrogens is 465 g/mol. The minimum absolute atomic E-state index is 0.148. The zero-order chi connectivity index (χ0) is 23.7. The fraction of sp³-hybridized carbons (Fsp3) is 0.250. The Kier molecular flexibility index (Phi) is 5.91. The summed E-state index contributed by atoms with van der Waals surface area (Å²) in [6, 6.07) is 14.3. The Morgan fingerprint density at radius 1 is 1.03 bits per heavy atom. The molecule has 1 unspecified atom stereocenters. The Balaban J connectivity index is 1.28. The summed E-state index contributed by atoms with van der Waals surface area (Å²) in [4.78, 5) is 19.3. The average Bonchev–Trinajstić information content (AvgIpc) is 3.54. The van der Waals surface area contributed by atoms with Gasteiger partial charge in [0.2, 0.25) is 11.8 Å². The molecule has 0 saturated carbocycles. The molecular formula is C24H19F3N4O2S. The zero-order valence-corrected chi connectivity index (χ0v) is 18.6. The van der Waals surface area contributed by atoms with Crippen molar-refractivity contribution in [1.29, 1.82) is 0 Å². The van der Waals surface area contributed by atoms with Crippen molar-refractivity contribution in [1.82, 2.24) is 20.1 Å². The summed E-state index contributed by atoms with van der Waals surface area (Å²) in [5, 5.41) is 10.7. The van der Waals surface area contributed by atoms with E-state index < -0.39 is 11.7 Å². The van der Waals surface area contributed by atoms with Gasteiger partial charge in [0.25, 0.3) is 5.91 Å². The van der Waals surface area contributed by atoms with E-state index in [1.54, 1.807) is 10.3 Å². The topological polar surface area (TPSA) is 72.1 Å². The molecule has 34 heavy (non-hydrogen) atoms. The van der Waals surface area contributed by atoms with Crippen LogP contribution in [0.2, 0.25) is 0 Å². The van der Waals surface area contributed by atoms with Gasteiger partial charge in [0.05, 0.1) is 11.5 Å². The normalized spacial score (nSPS) is 16.6. The number of rotatable bonds is 4. The van der Waals surface area contributed by atoms with Gasteiger partial charge >= 0.3 is 6.18 Å². The van der Waals surface area contributed by atoms with Crippen molar-refractivity contribution in [3.8, 4) is 22.0 Å². The Bertz CT molecular complexity index is 1290. The number of nitrogens with zero attached hydrogens (tertiary/aromatic N) is 4. The Hall–Kier alpha value is -3.53. The first-order valence-electron chi connectivity index (χ1n) is 10.7. The van der Waals surface area contributed by atoms with Gasteiger partial charge < -0.3 is 9.32 Å². The van der Waals surface area contributed by atoms with E-state index in [9.17, 15) is 18.0 Å². The highest BCUT2D eigenvalue weighted by atomic mass is 32.1. The lowest BCUT2D eigenvalue weighted by Gasteiger charge is -2.30. The van der Waals surface area contributed by atoms with Crippen LogP contribution in [0.25, 0.3) is 22.0 Å². The van der Waals surface area contributed by atoms with Crippen molar-refractivity contribution in [3.63, 3.8) is 0 Å². The third-order valence-corrected chi connectivity index (χ3v) is 6.59. The fourth-order valence-electron chi connectivity index (χ4n) is 3.93. The number of carbonyl (C=O) groups excluding carboxylic acids is 1. The zero-order valence-electron chi connectivity index (χ0n) is 17.8. The van der Waals surface area contributed by atoms with Crippen LogP contribution in [0.1, 0.15) is 40.7 Å². The Labute approximate surface area is 197 Å². The van der Waals surface area contributed by atoms with Crippen LogP contribution in [0.5, 0.6) is 0 Å².